The summed E-state index contributed by atoms with van der Waals surface area (Å²) in [5.74, 6) is -0.0287. The van der Waals surface area contributed by atoms with Gasteiger partial charge >= 0.3 is 0 Å². The van der Waals surface area contributed by atoms with Crippen molar-refractivity contribution in [3.05, 3.63) is 29.8 Å². The summed E-state index contributed by atoms with van der Waals surface area (Å²) in [6.45, 7) is 1.43. The Balaban J connectivity index is 2.03. The van der Waals surface area contributed by atoms with Crippen LogP contribution in [0, 0.1) is 0 Å². The van der Waals surface area contributed by atoms with E-state index in [1.807, 2.05) is 0 Å². The molecule has 1 aliphatic heterocycles. The van der Waals surface area contributed by atoms with Crippen LogP contribution < -0.4 is 5.32 Å². The molecule has 6 nitrogen and oxygen atoms in total. The minimum absolute atomic E-state index is 0.0287. The molecule has 0 aromatic heterocycles. The van der Waals surface area contributed by atoms with Gasteiger partial charge in [0, 0.05) is 11.3 Å². The van der Waals surface area contributed by atoms with Crippen LogP contribution >= 0.6 is 0 Å². The maximum absolute atomic E-state index is 11.1. The second kappa shape index (κ2) is 5.66. The van der Waals surface area contributed by atoms with Crippen LogP contribution in [0.3, 0.4) is 0 Å². The molecule has 19 heavy (non-hydrogen) atoms. The SMILES string of the molecule is CC(=O)c1ccc(N[C@H]2OC[C@@H](O)[C@@H](O)[C@H]2O)cc1. The monoisotopic (exact) mass is 267 g/mol. The van der Waals surface area contributed by atoms with Crippen molar-refractivity contribution in [3.63, 3.8) is 0 Å². The topological polar surface area (TPSA) is 99.0 Å². The standard InChI is InChI=1S/C13H17NO5/c1-7(15)8-2-4-9(5-3-8)14-13-12(18)11(17)10(16)6-19-13/h2-5,10-14,16-18H,6H2,1H3/t10-,11-,12-,13+/m1/s1. The zero-order valence-electron chi connectivity index (χ0n) is 10.5. The molecule has 2 rings (SSSR count). The molecule has 0 amide bonds. The smallest absolute Gasteiger partial charge is 0.159 e. The van der Waals surface area contributed by atoms with Crippen LogP contribution in [-0.2, 0) is 4.74 Å². The highest BCUT2D eigenvalue weighted by molar-refractivity contribution is 5.94. The lowest BCUT2D eigenvalue weighted by Crippen LogP contribution is -2.55. The van der Waals surface area contributed by atoms with Crippen molar-refractivity contribution in [1.82, 2.24) is 0 Å². The quantitative estimate of drug-likeness (QED) is 0.563. The van der Waals surface area contributed by atoms with E-state index in [-0.39, 0.29) is 12.4 Å². The number of ether oxygens (including phenoxy) is 1. The molecule has 1 fully saturated rings. The Morgan fingerprint density at radius 1 is 1.21 bits per heavy atom. The van der Waals surface area contributed by atoms with Gasteiger partial charge in [0.15, 0.2) is 12.0 Å². The molecule has 1 aromatic carbocycles. The highest BCUT2D eigenvalue weighted by Crippen LogP contribution is 2.19. The van der Waals surface area contributed by atoms with Crippen molar-refractivity contribution in [3.8, 4) is 0 Å². The number of rotatable bonds is 3. The summed E-state index contributed by atoms with van der Waals surface area (Å²) in [4.78, 5) is 11.1. The van der Waals surface area contributed by atoms with Crippen LogP contribution in [0.15, 0.2) is 24.3 Å². The number of hydrogen-bond donors (Lipinski definition) is 4. The molecule has 1 aromatic rings. The Morgan fingerprint density at radius 2 is 1.84 bits per heavy atom. The maximum Gasteiger partial charge on any atom is 0.159 e. The summed E-state index contributed by atoms with van der Waals surface area (Å²) < 4.78 is 5.22. The highest BCUT2D eigenvalue weighted by Gasteiger charge is 2.37. The molecule has 1 heterocycles. The van der Waals surface area contributed by atoms with E-state index in [0.29, 0.717) is 11.3 Å². The molecule has 0 bridgehead atoms. The summed E-state index contributed by atoms with van der Waals surface area (Å²) in [5, 5.41) is 31.5. The fourth-order valence-corrected chi connectivity index (χ4v) is 1.90. The van der Waals surface area contributed by atoms with E-state index in [4.69, 9.17) is 4.74 Å². The van der Waals surface area contributed by atoms with Crippen LogP contribution in [-0.4, -0.2) is 52.2 Å². The van der Waals surface area contributed by atoms with Gasteiger partial charge in [-0.1, -0.05) is 0 Å². The first-order valence-corrected chi connectivity index (χ1v) is 6.02. The Kier molecular flexibility index (Phi) is 4.16. The second-order valence-electron chi connectivity index (χ2n) is 4.58. The van der Waals surface area contributed by atoms with Crippen molar-refractivity contribution in [2.45, 2.75) is 31.5 Å². The van der Waals surface area contributed by atoms with Crippen molar-refractivity contribution in [1.29, 1.82) is 0 Å². The van der Waals surface area contributed by atoms with E-state index >= 15 is 0 Å². The normalized spacial score (nSPS) is 30.9. The number of ketones is 1. The van der Waals surface area contributed by atoms with E-state index in [1.165, 1.54) is 6.92 Å². The molecule has 1 aliphatic rings. The third-order valence-electron chi connectivity index (χ3n) is 3.10. The second-order valence-corrected chi connectivity index (χ2v) is 4.58. The first kappa shape index (κ1) is 14.0. The van der Waals surface area contributed by atoms with Crippen molar-refractivity contribution in [2.24, 2.45) is 0 Å². The van der Waals surface area contributed by atoms with Gasteiger partial charge in [-0.25, -0.2) is 0 Å². The highest BCUT2D eigenvalue weighted by atomic mass is 16.5. The number of aliphatic hydroxyl groups is 3. The number of anilines is 1. The fourth-order valence-electron chi connectivity index (χ4n) is 1.90. The molecule has 0 saturated carbocycles. The molecule has 4 N–H and O–H groups in total. The summed E-state index contributed by atoms with van der Waals surface area (Å²) >= 11 is 0. The average Bonchev–Trinajstić information content (AvgIpc) is 2.40. The van der Waals surface area contributed by atoms with Crippen molar-refractivity contribution >= 4 is 11.5 Å². The van der Waals surface area contributed by atoms with Crippen molar-refractivity contribution in [2.75, 3.05) is 11.9 Å². The van der Waals surface area contributed by atoms with Gasteiger partial charge in [-0.3, -0.25) is 4.79 Å². The Labute approximate surface area is 110 Å². The predicted molar refractivity (Wildman–Crippen MR) is 67.8 cm³/mol. The third kappa shape index (κ3) is 3.10. The molecule has 1 saturated heterocycles. The van der Waals surface area contributed by atoms with Crippen LogP contribution in [0.25, 0.3) is 0 Å². The fraction of sp³-hybridized carbons (Fsp3) is 0.462. The van der Waals surface area contributed by atoms with Crippen LogP contribution in [0.4, 0.5) is 5.69 Å². The summed E-state index contributed by atoms with van der Waals surface area (Å²) in [7, 11) is 0. The third-order valence-corrected chi connectivity index (χ3v) is 3.10. The number of nitrogens with one attached hydrogen (secondary N) is 1. The predicted octanol–water partition coefficient (Wildman–Crippen LogP) is -0.260. The zero-order valence-corrected chi connectivity index (χ0v) is 10.5. The number of Topliss-reactive ketones (excluding diaryl/α,β-unsaturated/α-hetero) is 1. The summed E-state index contributed by atoms with van der Waals surface area (Å²) in [6.07, 6.45) is -4.37. The van der Waals surface area contributed by atoms with Crippen LogP contribution in [0.2, 0.25) is 0 Å². The van der Waals surface area contributed by atoms with Gasteiger partial charge in [-0.05, 0) is 31.2 Å². The number of benzene rings is 1. The van der Waals surface area contributed by atoms with Crippen LogP contribution in [0.5, 0.6) is 0 Å². The number of carbonyl (C=O) groups is 1. The van der Waals surface area contributed by atoms with Gasteiger partial charge in [0.05, 0.1) is 6.61 Å². The van der Waals surface area contributed by atoms with Gasteiger partial charge < -0.3 is 25.4 Å². The molecular weight excluding hydrogens is 250 g/mol. The van der Waals surface area contributed by atoms with Gasteiger partial charge in [-0.2, -0.15) is 0 Å². The average molecular weight is 267 g/mol. The van der Waals surface area contributed by atoms with E-state index in [1.54, 1.807) is 24.3 Å². The van der Waals surface area contributed by atoms with E-state index in [9.17, 15) is 20.1 Å². The Morgan fingerprint density at radius 3 is 2.42 bits per heavy atom. The molecule has 0 unspecified atom stereocenters. The van der Waals surface area contributed by atoms with Gasteiger partial charge in [0.2, 0.25) is 0 Å². The molecule has 6 heteroatoms. The number of aliphatic hydroxyl groups excluding tert-OH is 3. The minimum Gasteiger partial charge on any atom is -0.388 e. The first-order chi connectivity index (χ1) is 8.99. The Bertz CT molecular complexity index is 447. The number of hydrogen-bond acceptors (Lipinski definition) is 6. The molecule has 0 radical (unpaired) electrons. The number of carbonyl (C=O) groups excluding carboxylic acids is 1. The van der Waals surface area contributed by atoms with E-state index in [0.717, 1.165) is 0 Å². The van der Waals surface area contributed by atoms with Crippen molar-refractivity contribution < 1.29 is 24.9 Å². The Hall–Kier alpha value is -1.47. The summed E-state index contributed by atoms with van der Waals surface area (Å²) in [6, 6.07) is 6.69. The molecule has 0 spiro atoms. The summed E-state index contributed by atoms with van der Waals surface area (Å²) in [5.41, 5.74) is 1.24. The molecular formula is C13H17NO5. The maximum atomic E-state index is 11.1. The van der Waals surface area contributed by atoms with E-state index in [2.05, 4.69) is 5.32 Å². The lowest BCUT2D eigenvalue weighted by molar-refractivity contribution is -0.178. The molecule has 0 aliphatic carbocycles. The van der Waals surface area contributed by atoms with Gasteiger partial charge in [0.1, 0.15) is 18.3 Å². The van der Waals surface area contributed by atoms with Gasteiger partial charge in [-0.15, -0.1) is 0 Å². The molecule has 4 atom stereocenters. The minimum atomic E-state index is -1.25. The van der Waals surface area contributed by atoms with Crippen LogP contribution in [0.1, 0.15) is 17.3 Å². The lowest BCUT2D eigenvalue weighted by atomic mass is 10.0. The lowest BCUT2D eigenvalue weighted by Gasteiger charge is -2.35. The van der Waals surface area contributed by atoms with Gasteiger partial charge in [0.25, 0.3) is 0 Å². The largest absolute Gasteiger partial charge is 0.388 e. The zero-order chi connectivity index (χ0) is 14.0. The molecule has 104 valence electrons. The van der Waals surface area contributed by atoms with E-state index < -0.39 is 24.5 Å². The first-order valence-electron chi connectivity index (χ1n) is 6.02.